The van der Waals surface area contributed by atoms with Crippen LogP contribution in [0.1, 0.15) is 33.6 Å². The van der Waals surface area contributed by atoms with Crippen molar-refractivity contribution in [1.29, 1.82) is 0 Å². The number of benzene rings is 2. The zero-order chi connectivity index (χ0) is 24.4. The molecule has 0 spiro atoms. The van der Waals surface area contributed by atoms with Crippen molar-refractivity contribution < 1.29 is 18.4 Å². The molecule has 0 atom stereocenters. The van der Waals surface area contributed by atoms with Gasteiger partial charge in [0.2, 0.25) is 0 Å². The lowest BCUT2D eigenvalue weighted by Gasteiger charge is -2.32. The molecule has 2 aromatic carbocycles. The molecule has 1 saturated heterocycles. The molecule has 0 unspecified atom stereocenters. The van der Waals surface area contributed by atoms with Gasteiger partial charge in [0.25, 0.3) is 11.8 Å². The van der Waals surface area contributed by atoms with Gasteiger partial charge in [0.1, 0.15) is 22.9 Å². The predicted molar refractivity (Wildman–Crippen MR) is 126 cm³/mol. The van der Waals surface area contributed by atoms with E-state index in [9.17, 15) is 18.4 Å². The quantitative estimate of drug-likeness (QED) is 0.475. The van der Waals surface area contributed by atoms with Crippen molar-refractivity contribution in [3.8, 4) is 11.5 Å². The second-order valence-corrected chi connectivity index (χ2v) is 8.38. The molecule has 178 valence electrons. The van der Waals surface area contributed by atoms with E-state index < -0.39 is 11.6 Å². The molecule has 7 nitrogen and oxygen atoms in total. The summed E-state index contributed by atoms with van der Waals surface area (Å²) in [6.45, 7) is 0.895. The van der Waals surface area contributed by atoms with Crippen molar-refractivity contribution in [2.24, 2.45) is 0 Å². The van der Waals surface area contributed by atoms with Gasteiger partial charge < -0.3 is 14.8 Å². The molecule has 0 aliphatic carbocycles. The number of nitrogens with zero attached hydrogens (tertiary/aromatic N) is 4. The van der Waals surface area contributed by atoms with E-state index in [1.807, 2.05) is 12.1 Å². The van der Waals surface area contributed by atoms with E-state index in [0.717, 1.165) is 0 Å². The van der Waals surface area contributed by atoms with E-state index in [1.54, 1.807) is 40.1 Å². The summed E-state index contributed by atoms with van der Waals surface area (Å²) in [6.07, 6.45) is 6.19. The smallest absolute Gasteiger partial charge is 0.259 e. The molecule has 9 heteroatoms. The maximum Gasteiger partial charge on any atom is 0.259 e. The number of amides is 2. The Morgan fingerprint density at radius 1 is 0.914 bits per heavy atom. The molecule has 1 fully saturated rings. The number of hydrogen-bond acceptors (Lipinski definition) is 3. The number of piperidine rings is 1. The Morgan fingerprint density at radius 3 is 2.29 bits per heavy atom. The number of hydrogen-bond donors (Lipinski definition) is 1. The number of aromatic nitrogens is 3. The van der Waals surface area contributed by atoms with E-state index >= 15 is 0 Å². The monoisotopic (exact) mass is 475 g/mol. The fourth-order valence-corrected chi connectivity index (χ4v) is 4.28. The summed E-state index contributed by atoms with van der Waals surface area (Å²) in [6, 6.07) is 15.2. The van der Waals surface area contributed by atoms with Crippen LogP contribution in [0.15, 0.2) is 79.3 Å². The number of nitrogens with one attached hydrogen (secondary N) is 1. The Kier molecular flexibility index (Phi) is 6.13. The van der Waals surface area contributed by atoms with Crippen LogP contribution in [0, 0.1) is 11.6 Å². The molecule has 35 heavy (non-hydrogen) atoms. The lowest BCUT2D eigenvalue weighted by atomic mass is 10.0. The van der Waals surface area contributed by atoms with Crippen LogP contribution in [-0.4, -0.2) is 50.2 Å². The molecule has 2 amide bonds. The van der Waals surface area contributed by atoms with Crippen LogP contribution < -0.4 is 5.32 Å². The highest BCUT2D eigenvalue weighted by Gasteiger charge is 2.29. The third-order valence-corrected chi connectivity index (χ3v) is 6.13. The topological polar surface area (TPSA) is 72.2 Å². The second kappa shape index (κ2) is 9.54. The Labute approximate surface area is 200 Å². The lowest BCUT2D eigenvalue weighted by molar-refractivity contribution is 0.0698. The van der Waals surface area contributed by atoms with Gasteiger partial charge in [-0.15, -0.1) is 0 Å². The predicted octanol–water partition coefficient (Wildman–Crippen LogP) is 3.98. The van der Waals surface area contributed by atoms with Gasteiger partial charge in [0.15, 0.2) is 5.82 Å². The molecule has 4 aromatic rings. The highest BCUT2D eigenvalue weighted by molar-refractivity contribution is 5.97. The van der Waals surface area contributed by atoms with Gasteiger partial charge in [0.05, 0.1) is 6.20 Å². The maximum atomic E-state index is 14.5. The van der Waals surface area contributed by atoms with E-state index in [2.05, 4.69) is 10.4 Å². The molecule has 3 heterocycles. The van der Waals surface area contributed by atoms with Gasteiger partial charge in [-0.3, -0.25) is 9.59 Å². The van der Waals surface area contributed by atoms with Crippen molar-refractivity contribution in [2.45, 2.75) is 18.9 Å². The standard InChI is InChI=1S/C26H23F2N5O2/c27-19-9-7-18(8-10-19)24(34)30-20-11-15-32(16-12-20)26(35)21-17-29-33(23-6-2-1-5-22(23)28)25(21)31-13-3-4-14-31/h1-10,13-14,17,20H,11-12,15-16H2,(H,30,34). The van der Waals surface area contributed by atoms with Crippen LogP contribution in [0.25, 0.3) is 11.5 Å². The Morgan fingerprint density at radius 2 is 1.60 bits per heavy atom. The number of halogens is 2. The summed E-state index contributed by atoms with van der Waals surface area (Å²) in [5, 5.41) is 7.30. The summed E-state index contributed by atoms with van der Waals surface area (Å²) in [5.74, 6) is -0.862. The number of carbonyl (C=O) groups excluding carboxylic acids is 2. The van der Waals surface area contributed by atoms with E-state index in [4.69, 9.17) is 0 Å². The number of para-hydroxylation sites is 1. The highest BCUT2D eigenvalue weighted by atomic mass is 19.1. The van der Waals surface area contributed by atoms with E-state index in [-0.39, 0.29) is 23.5 Å². The van der Waals surface area contributed by atoms with Crippen molar-refractivity contribution >= 4 is 11.8 Å². The van der Waals surface area contributed by atoms with Gasteiger partial charge in [-0.1, -0.05) is 12.1 Å². The molecule has 2 aromatic heterocycles. The van der Waals surface area contributed by atoms with Crippen molar-refractivity contribution in [3.05, 3.63) is 102 Å². The summed E-state index contributed by atoms with van der Waals surface area (Å²) in [4.78, 5) is 27.6. The minimum atomic E-state index is -0.444. The van der Waals surface area contributed by atoms with Crippen LogP contribution >= 0.6 is 0 Å². The largest absolute Gasteiger partial charge is 0.349 e. The third kappa shape index (κ3) is 4.57. The van der Waals surface area contributed by atoms with Gasteiger partial charge in [-0.05, 0) is 61.4 Å². The summed E-state index contributed by atoms with van der Waals surface area (Å²) in [5.41, 5.74) is 0.998. The molecular weight excluding hydrogens is 452 g/mol. The molecule has 0 saturated carbocycles. The van der Waals surface area contributed by atoms with Gasteiger partial charge in [-0.25, -0.2) is 13.5 Å². The fraction of sp³-hybridized carbons (Fsp3) is 0.192. The lowest BCUT2D eigenvalue weighted by Crippen LogP contribution is -2.46. The summed E-state index contributed by atoms with van der Waals surface area (Å²) in [7, 11) is 0. The van der Waals surface area contributed by atoms with E-state index in [1.165, 1.54) is 41.2 Å². The van der Waals surface area contributed by atoms with Gasteiger partial charge in [0, 0.05) is 37.1 Å². The summed E-state index contributed by atoms with van der Waals surface area (Å²) < 4.78 is 30.8. The number of likely N-dealkylation sites (tertiary alicyclic amines) is 1. The normalized spacial score (nSPS) is 14.2. The average molecular weight is 475 g/mol. The van der Waals surface area contributed by atoms with Crippen molar-refractivity contribution in [2.75, 3.05) is 13.1 Å². The SMILES string of the molecule is O=C(NC1CCN(C(=O)c2cnn(-c3ccccc3F)c2-n2cccc2)CC1)c1ccc(F)cc1. The minimum absolute atomic E-state index is 0.0957. The van der Waals surface area contributed by atoms with Crippen LogP contribution in [0.2, 0.25) is 0 Å². The Balaban J connectivity index is 1.32. The molecule has 5 rings (SSSR count). The van der Waals surface area contributed by atoms with Crippen LogP contribution in [0.3, 0.4) is 0 Å². The van der Waals surface area contributed by atoms with Crippen molar-refractivity contribution in [3.63, 3.8) is 0 Å². The molecule has 1 N–H and O–H groups in total. The van der Waals surface area contributed by atoms with E-state index in [0.29, 0.717) is 42.9 Å². The molecule has 1 aliphatic rings. The van der Waals surface area contributed by atoms with Gasteiger partial charge >= 0.3 is 0 Å². The number of rotatable bonds is 5. The number of carbonyl (C=O) groups is 2. The molecule has 1 aliphatic heterocycles. The molecule has 0 radical (unpaired) electrons. The first-order chi connectivity index (χ1) is 17.0. The van der Waals surface area contributed by atoms with Crippen LogP contribution in [-0.2, 0) is 0 Å². The average Bonchev–Trinajstić information content (AvgIpc) is 3.55. The van der Waals surface area contributed by atoms with Crippen molar-refractivity contribution in [1.82, 2.24) is 24.6 Å². The zero-order valence-electron chi connectivity index (χ0n) is 18.8. The second-order valence-electron chi connectivity index (χ2n) is 8.38. The minimum Gasteiger partial charge on any atom is -0.349 e. The molecular formula is C26H23F2N5O2. The summed E-state index contributed by atoms with van der Waals surface area (Å²) >= 11 is 0. The first-order valence-corrected chi connectivity index (χ1v) is 11.3. The Hall–Kier alpha value is -4.27. The van der Waals surface area contributed by atoms with Crippen LogP contribution in [0.5, 0.6) is 0 Å². The fourth-order valence-electron chi connectivity index (χ4n) is 4.28. The van der Waals surface area contributed by atoms with Gasteiger partial charge in [-0.2, -0.15) is 5.10 Å². The zero-order valence-corrected chi connectivity index (χ0v) is 18.8. The first kappa shape index (κ1) is 22.5. The third-order valence-electron chi connectivity index (χ3n) is 6.13. The Bertz CT molecular complexity index is 1340. The molecule has 0 bridgehead atoms. The maximum absolute atomic E-state index is 14.5. The van der Waals surface area contributed by atoms with Crippen LogP contribution in [0.4, 0.5) is 8.78 Å². The first-order valence-electron chi connectivity index (χ1n) is 11.3. The highest BCUT2D eigenvalue weighted by Crippen LogP contribution is 2.24.